The van der Waals surface area contributed by atoms with Gasteiger partial charge in [0.15, 0.2) is 0 Å². The lowest BCUT2D eigenvalue weighted by Crippen LogP contribution is -2.42. The Morgan fingerprint density at radius 3 is 2.95 bits per heavy atom. The van der Waals surface area contributed by atoms with Gasteiger partial charge in [-0.2, -0.15) is 0 Å². The molecule has 0 aromatic heterocycles. The smallest absolute Gasteiger partial charge is 0.231 e. The number of nitrogens with zero attached hydrogens (tertiary/aromatic N) is 1. The van der Waals surface area contributed by atoms with Gasteiger partial charge in [-0.25, -0.2) is 0 Å². The van der Waals surface area contributed by atoms with E-state index in [4.69, 9.17) is 0 Å². The molecule has 1 amide bonds. The molecule has 2 unspecified atom stereocenters. The molecule has 102 valence electrons. The number of hydrogen-bond donors (Lipinski definition) is 1. The van der Waals surface area contributed by atoms with E-state index in [1.165, 1.54) is 16.8 Å². The van der Waals surface area contributed by atoms with E-state index in [1.54, 1.807) is 0 Å². The second-order valence-electron chi connectivity index (χ2n) is 5.92. The summed E-state index contributed by atoms with van der Waals surface area (Å²) in [5.74, 6) is 0.903. The quantitative estimate of drug-likeness (QED) is 0.837. The molecule has 2 atom stereocenters. The fourth-order valence-corrected chi connectivity index (χ4v) is 3.41. The Bertz CT molecular complexity index is 498. The Morgan fingerprint density at radius 2 is 2.21 bits per heavy atom. The number of benzene rings is 1. The van der Waals surface area contributed by atoms with Crippen LogP contribution in [-0.4, -0.2) is 25.5 Å². The van der Waals surface area contributed by atoms with E-state index >= 15 is 0 Å². The third-order valence-electron chi connectivity index (χ3n) is 4.52. The van der Waals surface area contributed by atoms with E-state index in [-0.39, 0.29) is 5.92 Å². The van der Waals surface area contributed by atoms with Crippen molar-refractivity contribution in [2.24, 2.45) is 11.8 Å². The first kappa shape index (κ1) is 12.7. The molecule has 2 aliphatic rings. The summed E-state index contributed by atoms with van der Waals surface area (Å²) >= 11 is 0. The molecule has 1 aromatic rings. The zero-order valence-corrected chi connectivity index (χ0v) is 11.8. The second-order valence-corrected chi connectivity index (χ2v) is 5.92. The molecule has 1 fully saturated rings. The molecule has 0 spiro atoms. The molecule has 2 aliphatic heterocycles. The number of amides is 1. The lowest BCUT2D eigenvalue weighted by atomic mass is 9.93. The van der Waals surface area contributed by atoms with E-state index in [0.717, 1.165) is 32.5 Å². The van der Waals surface area contributed by atoms with Gasteiger partial charge in [-0.05, 0) is 43.4 Å². The minimum atomic E-state index is 0.144. The molecule has 1 saturated heterocycles. The van der Waals surface area contributed by atoms with Gasteiger partial charge < -0.3 is 10.2 Å². The first-order chi connectivity index (χ1) is 9.18. The summed E-state index contributed by atoms with van der Waals surface area (Å²) in [7, 11) is 0. The van der Waals surface area contributed by atoms with Crippen LogP contribution < -0.4 is 10.2 Å². The number of aryl methyl sites for hydroxylation is 2. The summed E-state index contributed by atoms with van der Waals surface area (Å²) in [4.78, 5) is 14.9. The van der Waals surface area contributed by atoms with Crippen molar-refractivity contribution >= 4 is 11.6 Å². The Morgan fingerprint density at radius 1 is 1.37 bits per heavy atom. The minimum Gasteiger partial charge on any atom is -0.316 e. The minimum absolute atomic E-state index is 0.144. The highest BCUT2D eigenvalue weighted by atomic mass is 16.2. The summed E-state index contributed by atoms with van der Waals surface area (Å²) in [5.41, 5.74) is 3.74. The Hall–Kier alpha value is -1.35. The number of rotatable bonds is 1. The first-order valence-corrected chi connectivity index (χ1v) is 7.29. The van der Waals surface area contributed by atoms with Crippen molar-refractivity contribution < 1.29 is 4.79 Å². The molecule has 2 heterocycles. The Labute approximate surface area is 115 Å². The molecule has 1 N–H and O–H groups in total. The summed E-state index contributed by atoms with van der Waals surface area (Å²) in [5, 5.41) is 3.33. The maximum absolute atomic E-state index is 12.8. The molecule has 19 heavy (non-hydrogen) atoms. The number of carbonyl (C=O) groups excluding carboxylic acids is 1. The lowest BCUT2D eigenvalue weighted by Gasteiger charge is -2.33. The van der Waals surface area contributed by atoms with Gasteiger partial charge in [0.25, 0.3) is 0 Å². The van der Waals surface area contributed by atoms with Crippen LogP contribution in [0.5, 0.6) is 0 Å². The zero-order valence-electron chi connectivity index (χ0n) is 11.8. The summed E-state index contributed by atoms with van der Waals surface area (Å²) in [6.45, 7) is 6.95. The maximum atomic E-state index is 12.8. The highest BCUT2D eigenvalue weighted by molar-refractivity contribution is 5.97. The second kappa shape index (κ2) is 4.97. The molecular weight excluding hydrogens is 236 g/mol. The molecular formula is C16H22N2O. The first-order valence-electron chi connectivity index (χ1n) is 7.29. The zero-order chi connectivity index (χ0) is 13.4. The topological polar surface area (TPSA) is 32.3 Å². The van der Waals surface area contributed by atoms with Crippen LogP contribution in [-0.2, 0) is 11.2 Å². The standard InChI is InChI=1S/C16H22N2O/c1-11-5-3-6-13-7-4-8-18(15(11)13)16(19)14-10-17-9-12(14)2/h3,5-6,12,14,17H,4,7-10H2,1-2H3. The van der Waals surface area contributed by atoms with Gasteiger partial charge in [0.1, 0.15) is 0 Å². The van der Waals surface area contributed by atoms with Crippen LogP contribution in [0, 0.1) is 18.8 Å². The van der Waals surface area contributed by atoms with Crippen molar-refractivity contribution in [2.75, 3.05) is 24.5 Å². The van der Waals surface area contributed by atoms with E-state index < -0.39 is 0 Å². The molecule has 1 aromatic carbocycles. The van der Waals surface area contributed by atoms with E-state index in [1.807, 2.05) is 4.90 Å². The molecule has 0 bridgehead atoms. The van der Waals surface area contributed by atoms with Crippen molar-refractivity contribution in [1.29, 1.82) is 0 Å². The highest BCUT2D eigenvalue weighted by Gasteiger charge is 2.35. The van der Waals surface area contributed by atoms with Gasteiger partial charge in [-0.15, -0.1) is 0 Å². The highest BCUT2D eigenvalue weighted by Crippen LogP contribution is 2.32. The van der Waals surface area contributed by atoms with Crippen molar-refractivity contribution in [1.82, 2.24) is 5.32 Å². The van der Waals surface area contributed by atoms with Gasteiger partial charge in [0.05, 0.1) is 5.92 Å². The summed E-state index contributed by atoms with van der Waals surface area (Å²) in [6, 6.07) is 6.38. The average molecular weight is 258 g/mol. The Balaban J connectivity index is 1.93. The van der Waals surface area contributed by atoms with Crippen LogP contribution in [0.4, 0.5) is 5.69 Å². The molecule has 3 rings (SSSR count). The number of carbonyl (C=O) groups is 1. The fourth-order valence-electron chi connectivity index (χ4n) is 3.41. The predicted molar refractivity (Wildman–Crippen MR) is 77.4 cm³/mol. The van der Waals surface area contributed by atoms with Crippen LogP contribution >= 0.6 is 0 Å². The maximum Gasteiger partial charge on any atom is 0.231 e. The average Bonchev–Trinajstić information content (AvgIpc) is 2.84. The number of anilines is 1. The van der Waals surface area contributed by atoms with Crippen LogP contribution in [0.3, 0.4) is 0 Å². The molecule has 0 saturated carbocycles. The number of fused-ring (bicyclic) bond motifs is 1. The monoisotopic (exact) mass is 258 g/mol. The molecule has 3 heteroatoms. The van der Waals surface area contributed by atoms with Crippen LogP contribution in [0.2, 0.25) is 0 Å². The molecule has 3 nitrogen and oxygen atoms in total. The number of hydrogen-bond acceptors (Lipinski definition) is 2. The summed E-state index contributed by atoms with van der Waals surface area (Å²) < 4.78 is 0. The van der Waals surface area contributed by atoms with Gasteiger partial charge >= 0.3 is 0 Å². The van der Waals surface area contributed by atoms with Gasteiger partial charge in [-0.1, -0.05) is 25.1 Å². The van der Waals surface area contributed by atoms with Gasteiger partial charge in [-0.3, -0.25) is 4.79 Å². The number of nitrogens with one attached hydrogen (secondary N) is 1. The van der Waals surface area contributed by atoms with Crippen molar-refractivity contribution in [2.45, 2.75) is 26.7 Å². The lowest BCUT2D eigenvalue weighted by molar-refractivity contribution is -0.122. The largest absolute Gasteiger partial charge is 0.316 e. The van der Waals surface area contributed by atoms with Crippen molar-refractivity contribution in [3.63, 3.8) is 0 Å². The van der Waals surface area contributed by atoms with Gasteiger partial charge in [0, 0.05) is 18.8 Å². The SMILES string of the molecule is Cc1cccc2c1N(C(=O)C1CNCC1C)CCC2. The van der Waals surface area contributed by atoms with E-state index in [0.29, 0.717) is 11.8 Å². The van der Waals surface area contributed by atoms with Crippen molar-refractivity contribution in [3.05, 3.63) is 29.3 Å². The van der Waals surface area contributed by atoms with Crippen LogP contribution in [0.1, 0.15) is 24.5 Å². The van der Waals surface area contributed by atoms with Crippen LogP contribution in [0.25, 0.3) is 0 Å². The Kier molecular flexibility index (Phi) is 3.31. The van der Waals surface area contributed by atoms with Crippen molar-refractivity contribution in [3.8, 4) is 0 Å². The summed E-state index contributed by atoms with van der Waals surface area (Å²) in [6.07, 6.45) is 2.18. The normalized spacial score (nSPS) is 26.3. The third kappa shape index (κ3) is 2.16. The fraction of sp³-hybridized carbons (Fsp3) is 0.562. The number of para-hydroxylation sites is 1. The van der Waals surface area contributed by atoms with Crippen LogP contribution in [0.15, 0.2) is 18.2 Å². The van der Waals surface area contributed by atoms with E-state index in [2.05, 4.69) is 37.4 Å². The van der Waals surface area contributed by atoms with E-state index in [9.17, 15) is 4.79 Å². The predicted octanol–water partition coefficient (Wildman–Crippen LogP) is 2.13. The third-order valence-corrected chi connectivity index (χ3v) is 4.52. The molecule has 0 radical (unpaired) electrons. The van der Waals surface area contributed by atoms with Gasteiger partial charge in [0.2, 0.25) is 5.91 Å². The molecule has 0 aliphatic carbocycles.